The highest BCUT2D eigenvalue weighted by Gasteiger charge is 2.22. The Morgan fingerprint density at radius 2 is 1.60 bits per heavy atom. The lowest BCUT2D eigenvalue weighted by Crippen LogP contribution is -2.21. The zero-order valence-corrected chi connectivity index (χ0v) is 11.0. The Balaban J connectivity index is 3.28. The summed E-state index contributed by atoms with van der Waals surface area (Å²) in [6.07, 6.45) is 0. The molecule has 9 heteroatoms. The summed E-state index contributed by atoms with van der Waals surface area (Å²) in [5.41, 5.74) is 0. The molecule has 1 aromatic heterocycles. The van der Waals surface area contributed by atoms with Crippen molar-refractivity contribution in [2.24, 2.45) is 0 Å². The molecule has 1 aromatic rings. The maximum Gasteiger partial charge on any atom is 0.270 e. The van der Waals surface area contributed by atoms with E-state index in [0.717, 1.165) is 4.31 Å². The minimum absolute atomic E-state index is 0.0493. The van der Waals surface area contributed by atoms with Crippen molar-refractivity contribution in [3.05, 3.63) is 12.1 Å². The van der Waals surface area contributed by atoms with Crippen LogP contribution in [-0.4, -0.2) is 35.2 Å². The van der Waals surface area contributed by atoms with Crippen LogP contribution in [0.15, 0.2) is 20.6 Å². The van der Waals surface area contributed by atoms with Gasteiger partial charge in [0.05, 0.1) is 0 Å². The molecule has 0 saturated carbocycles. The summed E-state index contributed by atoms with van der Waals surface area (Å²) in [6, 6.07) is 2.39. The van der Waals surface area contributed by atoms with Crippen LogP contribution in [0.5, 0.6) is 0 Å². The molecule has 1 rings (SSSR count). The Morgan fingerprint density at radius 3 is 1.93 bits per heavy atom. The van der Waals surface area contributed by atoms with E-state index in [9.17, 15) is 16.8 Å². The van der Waals surface area contributed by atoms with Crippen LogP contribution in [0.3, 0.4) is 0 Å². The molecule has 5 nitrogen and oxygen atoms in total. The summed E-state index contributed by atoms with van der Waals surface area (Å²) in [4.78, 5) is 0. The SMILES string of the molecule is CN(C)S(=O)(=O)c1ccc(S(=O)(=O)Cl)s1. The summed E-state index contributed by atoms with van der Waals surface area (Å²) in [5, 5.41) is 0. The molecule has 1 heterocycles. The molecule has 0 atom stereocenters. The number of rotatable bonds is 3. The van der Waals surface area contributed by atoms with E-state index < -0.39 is 19.1 Å². The first-order valence-corrected chi connectivity index (χ1v) is 8.19. The second kappa shape index (κ2) is 4.02. The van der Waals surface area contributed by atoms with Crippen LogP contribution in [-0.2, 0) is 19.1 Å². The van der Waals surface area contributed by atoms with Gasteiger partial charge in [0, 0.05) is 24.8 Å². The van der Waals surface area contributed by atoms with Crippen LogP contribution in [0, 0.1) is 0 Å². The third kappa shape index (κ3) is 2.70. The highest BCUT2D eigenvalue weighted by molar-refractivity contribution is 8.15. The van der Waals surface area contributed by atoms with Crippen molar-refractivity contribution in [2.45, 2.75) is 8.42 Å². The van der Waals surface area contributed by atoms with Crippen molar-refractivity contribution in [1.82, 2.24) is 4.31 Å². The maximum atomic E-state index is 11.6. The lowest BCUT2D eigenvalue weighted by molar-refractivity contribution is 0.523. The molecule has 86 valence electrons. The smallest absolute Gasteiger partial charge is 0.206 e. The van der Waals surface area contributed by atoms with Gasteiger partial charge in [-0.05, 0) is 12.1 Å². The van der Waals surface area contributed by atoms with Gasteiger partial charge in [-0.3, -0.25) is 0 Å². The first kappa shape index (κ1) is 12.9. The van der Waals surface area contributed by atoms with E-state index in [1.54, 1.807) is 0 Å². The van der Waals surface area contributed by atoms with E-state index in [2.05, 4.69) is 0 Å². The monoisotopic (exact) mass is 289 g/mol. The Kier molecular flexibility index (Phi) is 3.46. The van der Waals surface area contributed by atoms with Crippen LogP contribution >= 0.6 is 22.0 Å². The van der Waals surface area contributed by atoms with Gasteiger partial charge in [-0.25, -0.2) is 21.1 Å². The number of hydrogen-bond acceptors (Lipinski definition) is 5. The summed E-state index contributed by atoms with van der Waals surface area (Å²) in [5.74, 6) is 0. The van der Waals surface area contributed by atoms with Gasteiger partial charge in [0.1, 0.15) is 8.42 Å². The molecular formula is C6H8ClNO4S3. The molecule has 0 saturated heterocycles. The van der Waals surface area contributed by atoms with Crippen molar-refractivity contribution in [1.29, 1.82) is 0 Å². The molecule has 0 N–H and O–H groups in total. The second-order valence-electron chi connectivity index (χ2n) is 2.80. The average Bonchev–Trinajstić information content (AvgIpc) is 2.50. The fourth-order valence-corrected chi connectivity index (χ4v) is 4.46. The standard InChI is InChI=1S/C6H8ClNO4S3/c1-8(2)15(11,12)6-4-3-5(13-6)14(7,9)10/h3-4H,1-2H3. The van der Waals surface area contributed by atoms with E-state index >= 15 is 0 Å². The normalized spacial score (nSPS) is 13.3. The van der Waals surface area contributed by atoms with Crippen molar-refractivity contribution in [3.8, 4) is 0 Å². The first-order valence-electron chi connectivity index (χ1n) is 3.63. The fourth-order valence-electron chi connectivity index (χ4n) is 0.753. The molecule has 0 fully saturated rings. The Morgan fingerprint density at radius 1 is 1.13 bits per heavy atom. The molecule has 0 aliphatic heterocycles. The molecule has 15 heavy (non-hydrogen) atoms. The topological polar surface area (TPSA) is 71.5 Å². The minimum atomic E-state index is -3.86. The maximum absolute atomic E-state index is 11.6. The Labute approximate surface area is 96.8 Å². The van der Waals surface area contributed by atoms with Gasteiger partial charge in [0.2, 0.25) is 0 Å². The predicted octanol–water partition coefficient (Wildman–Crippen LogP) is 0.926. The average molecular weight is 290 g/mol. The Bertz CT molecular complexity index is 557. The summed E-state index contributed by atoms with van der Waals surface area (Å²) in [6.45, 7) is 0. The molecule has 0 aliphatic carbocycles. The van der Waals surface area contributed by atoms with Crippen LogP contribution in [0.2, 0.25) is 0 Å². The van der Waals surface area contributed by atoms with Gasteiger partial charge in [-0.1, -0.05) is 0 Å². The molecule has 0 aliphatic rings. The highest BCUT2D eigenvalue weighted by atomic mass is 35.7. The van der Waals surface area contributed by atoms with Gasteiger partial charge >= 0.3 is 0 Å². The van der Waals surface area contributed by atoms with Crippen molar-refractivity contribution in [2.75, 3.05) is 14.1 Å². The predicted molar refractivity (Wildman–Crippen MR) is 58.2 cm³/mol. The molecule has 0 aromatic carbocycles. The van der Waals surface area contributed by atoms with Gasteiger partial charge in [0.25, 0.3) is 19.1 Å². The third-order valence-corrected chi connectivity index (χ3v) is 6.99. The van der Waals surface area contributed by atoms with E-state index in [1.807, 2.05) is 0 Å². The molecule has 0 unspecified atom stereocenters. The minimum Gasteiger partial charge on any atom is -0.206 e. The van der Waals surface area contributed by atoms with Gasteiger partial charge in [0.15, 0.2) is 0 Å². The van der Waals surface area contributed by atoms with Gasteiger partial charge < -0.3 is 0 Å². The molecule has 0 bridgehead atoms. The molecule has 0 spiro atoms. The molecular weight excluding hydrogens is 282 g/mol. The van der Waals surface area contributed by atoms with Crippen molar-refractivity contribution < 1.29 is 16.8 Å². The van der Waals surface area contributed by atoms with Crippen LogP contribution < -0.4 is 0 Å². The number of hydrogen-bond donors (Lipinski definition) is 0. The zero-order chi connectivity index (χ0) is 11.9. The Hall–Kier alpha value is -0.150. The van der Waals surface area contributed by atoms with E-state index in [4.69, 9.17) is 10.7 Å². The fraction of sp³-hybridized carbons (Fsp3) is 0.333. The van der Waals surface area contributed by atoms with Crippen LogP contribution in [0.1, 0.15) is 0 Å². The number of thiophene rings is 1. The number of halogens is 1. The summed E-state index contributed by atoms with van der Waals surface area (Å²) >= 11 is 0.626. The molecule has 0 amide bonds. The van der Waals surface area contributed by atoms with Crippen LogP contribution in [0.4, 0.5) is 0 Å². The summed E-state index contributed by atoms with van der Waals surface area (Å²) < 4.78 is 45.7. The zero-order valence-electron chi connectivity index (χ0n) is 7.84. The first-order chi connectivity index (χ1) is 6.65. The summed E-state index contributed by atoms with van der Waals surface area (Å²) in [7, 11) is 0.358. The van der Waals surface area contributed by atoms with E-state index in [1.165, 1.54) is 26.2 Å². The largest absolute Gasteiger partial charge is 0.270 e. The van der Waals surface area contributed by atoms with Crippen LogP contribution in [0.25, 0.3) is 0 Å². The second-order valence-corrected chi connectivity index (χ2v) is 9.05. The number of nitrogens with zero attached hydrogens (tertiary/aromatic N) is 1. The van der Waals surface area contributed by atoms with Gasteiger partial charge in [-0.15, -0.1) is 11.3 Å². The lowest BCUT2D eigenvalue weighted by atomic mass is 10.7. The molecule has 0 radical (unpaired) electrons. The quantitative estimate of drug-likeness (QED) is 0.776. The van der Waals surface area contributed by atoms with Gasteiger partial charge in [-0.2, -0.15) is 0 Å². The van der Waals surface area contributed by atoms with E-state index in [0.29, 0.717) is 11.3 Å². The van der Waals surface area contributed by atoms with Crippen molar-refractivity contribution >= 4 is 41.1 Å². The third-order valence-electron chi connectivity index (χ3n) is 1.53. The van der Waals surface area contributed by atoms with E-state index in [-0.39, 0.29) is 8.42 Å². The highest BCUT2D eigenvalue weighted by Crippen LogP contribution is 2.28. The number of sulfonamides is 1. The van der Waals surface area contributed by atoms with Crippen molar-refractivity contribution in [3.63, 3.8) is 0 Å². The lowest BCUT2D eigenvalue weighted by Gasteiger charge is -2.07.